The molecule has 1 aromatic carbocycles. The molecule has 118 valence electrons. The van der Waals surface area contributed by atoms with E-state index >= 15 is 0 Å². The summed E-state index contributed by atoms with van der Waals surface area (Å²) in [5.41, 5.74) is 4.38. The summed E-state index contributed by atoms with van der Waals surface area (Å²) in [5.74, 6) is 1.75. The summed E-state index contributed by atoms with van der Waals surface area (Å²) in [6, 6.07) is 4.50. The van der Waals surface area contributed by atoms with Crippen LogP contribution in [0.1, 0.15) is 57.6 Å². The molecule has 2 rings (SSSR count). The Bertz CT molecular complexity index is 456. The van der Waals surface area contributed by atoms with Crippen molar-refractivity contribution in [2.75, 3.05) is 11.9 Å². The van der Waals surface area contributed by atoms with Gasteiger partial charge >= 0.3 is 0 Å². The van der Waals surface area contributed by atoms with Gasteiger partial charge in [0.05, 0.1) is 0 Å². The molecule has 1 fully saturated rings. The van der Waals surface area contributed by atoms with Crippen molar-refractivity contribution in [3.63, 3.8) is 0 Å². The van der Waals surface area contributed by atoms with Crippen molar-refractivity contribution < 1.29 is 0 Å². The maximum Gasteiger partial charge on any atom is 0.0346 e. The minimum absolute atomic E-state index is 0.484. The number of nitrogens with one attached hydrogen (secondary N) is 1. The van der Waals surface area contributed by atoms with Gasteiger partial charge in [-0.1, -0.05) is 36.7 Å². The molecule has 0 bridgehead atoms. The summed E-state index contributed by atoms with van der Waals surface area (Å²) in [6.07, 6.45) is 5.55. The van der Waals surface area contributed by atoms with Crippen LogP contribution < -0.4 is 5.32 Å². The molecule has 0 aliphatic heterocycles. The van der Waals surface area contributed by atoms with E-state index in [4.69, 9.17) is 0 Å². The maximum atomic E-state index is 3.66. The highest BCUT2D eigenvalue weighted by atomic mass is 79.9. The third-order valence-corrected chi connectivity index (χ3v) is 6.35. The van der Waals surface area contributed by atoms with Crippen LogP contribution in [0, 0.1) is 31.1 Å². The highest BCUT2D eigenvalue weighted by Crippen LogP contribution is 2.39. The average Bonchev–Trinajstić information content (AvgIpc) is 2.42. The number of hydrogen-bond donors (Lipinski definition) is 1. The first-order valence-electron chi connectivity index (χ1n) is 8.28. The number of rotatable bonds is 3. The molecule has 1 N–H and O–H groups in total. The fourth-order valence-corrected chi connectivity index (χ4v) is 3.77. The third-order valence-electron chi connectivity index (χ3n) is 5.10. The van der Waals surface area contributed by atoms with Crippen LogP contribution in [0.5, 0.6) is 0 Å². The molecule has 1 aliphatic rings. The number of hydrogen-bond acceptors (Lipinski definition) is 1. The molecule has 1 saturated carbocycles. The second kappa shape index (κ2) is 6.73. The van der Waals surface area contributed by atoms with Crippen LogP contribution in [0.25, 0.3) is 0 Å². The normalized spacial score (nSPS) is 23.1. The highest BCUT2D eigenvalue weighted by molar-refractivity contribution is 9.10. The predicted molar refractivity (Wildman–Crippen MR) is 97.0 cm³/mol. The van der Waals surface area contributed by atoms with Crippen LogP contribution in [-0.4, -0.2) is 6.54 Å². The number of anilines is 1. The summed E-state index contributed by atoms with van der Waals surface area (Å²) in [7, 11) is 0. The van der Waals surface area contributed by atoms with Crippen molar-refractivity contribution in [1.82, 2.24) is 0 Å². The summed E-state index contributed by atoms with van der Waals surface area (Å²) >= 11 is 3.64. The highest BCUT2D eigenvalue weighted by Gasteiger charge is 2.29. The summed E-state index contributed by atoms with van der Waals surface area (Å²) in [5, 5.41) is 3.66. The van der Waals surface area contributed by atoms with Gasteiger partial charge in [-0.05, 0) is 80.0 Å². The summed E-state index contributed by atoms with van der Waals surface area (Å²) < 4.78 is 1.23. The van der Waals surface area contributed by atoms with Crippen LogP contribution in [0.4, 0.5) is 5.69 Å². The molecule has 0 atom stereocenters. The van der Waals surface area contributed by atoms with Crippen molar-refractivity contribution in [2.45, 2.75) is 60.3 Å². The zero-order valence-electron chi connectivity index (χ0n) is 14.2. The number of aryl methyl sites for hydroxylation is 2. The standard InChI is InChI=1S/C19H30BrN/c1-13-10-17(11-14(2)18(13)20)21-12-15-6-8-16(9-7-15)19(3,4)5/h10-11,15-16,21H,6-9,12H2,1-5H3. The maximum absolute atomic E-state index is 3.66. The van der Waals surface area contributed by atoms with Crippen molar-refractivity contribution in [2.24, 2.45) is 17.3 Å². The first-order valence-corrected chi connectivity index (χ1v) is 9.07. The van der Waals surface area contributed by atoms with Gasteiger partial charge in [0.15, 0.2) is 0 Å². The molecule has 0 aromatic heterocycles. The number of benzene rings is 1. The predicted octanol–water partition coefficient (Wildman–Crippen LogP) is 6.33. The van der Waals surface area contributed by atoms with Gasteiger partial charge in [0.1, 0.15) is 0 Å². The summed E-state index contributed by atoms with van der Waals surface area (Å²) in [6.45, 7) is 12.6. The van der Waals surface area contributed by atoms with E-state index in [9.17, 15) is 0 Å². The van der Waals surface area contributed by atoms with Gasteiger partial charge < -0.3 is 5.32 Å². The van der Waals surface area contributed by atoms with Gasteiger partial charge in [-0.15, -0.1) is 0 Å². The minimum Gasteiger partial charge on any atom is -0.385 e. The Morgan fingerprint density at radius 2 is 1.57 bits per heavy atom. The topological polar surface area (TPSA) is 12.0 Å². The monoisotopic (exact) mass is 351 g/mol. The van der Waals surface area contributed by atoms with E-state index in [2.05, 4.69) is 68.0 Å². The lowest BCUT2D eigenvalue weighted by molar-refractivity contribution is 0.153. The molecule has 0 saturated heterocycles. The van der Waals surface area contributed by atoms with Crippen molar-refractivity contribution in [3.05, 3.63) is 27.7 Å². The van der Waals surface area contributed by atoms with E-state index < -0.39 is 0 Å². The van der Waals surface area contributed by atoms with Crippen molar-refractivity contribution >= 4 is 21.6 Å². The lowest BCUT2D eigenvalue weighted by Gasteiger charge is -2.37. The van der Waals surface area contributed by atoms with E-state index in [1.165, 1.54) is 47.0 Å². The van der Waals surface area contributed by atoms with E-state index in [1.54, 1.807) is 0 Å². The lowest BCUT2D eigenvalue weighted by Crippen LogP contribution is -2.28. The lowest BCUT2D eigenvalue weighted by atomic mass is 9.70. The molecule has 0 amide bonds. The van der Waals surface area contributed by atoms with Crippen LogP contribution in [-0.2, 0) is 0 Å². The zero-order chi connectivity index (χ0) is 15.6. The molecule has 21 heavy (non-hydrogen) atoms. The fourth-order valence-electron chi connectivity index (χ4n) is 3.54. The van der Waals surface area contributed by atoms with E-state index in [1.807, 2.05) is 0 Å². The van der Waals surface area contributed by atoms with Gasteiger partial charge in [-0.25, -0.2) is 0 Å². The fraction of sp³-hybridized carbons (Fsp3) is 0.684. The molecule has 1 aromatic rings. The molecular weight excluding hydrogens is 322 g/mol. The van der Waals surface area contributed by atoms with Gasteiger partial charge in [0.2, 0.25) is 0 Å². The Hall–Kier alpha value is -0.500. The van der Waals surface area contributed by atoms with E-state index in [-0.39, 0.29) is 0 Å². The summed E-state index contributed by atoms with van der Waals surface area (Å²) in [4.78, 5) is 0. The van der Waals surface area contributed by atoms with Gasteiger partial charge in [0.25, 0.3) is 0 Å². The zero-order valence-corrected chi connectivity index (χ0v) is 15.8. The largest absolute Gasteiger partial charge is 0.385 e. The number of halogens is 1. The Morgan fingerprint density at radius 3 is 2.05 bits per heavy atom. The molecule has 0 radical (unpaired) electrons. The first kappa shape index (κ1) is 16.9. The average molecular weight is 352 g/mol. The molecule has 0 unspecified atom stereocenters. The van der Waals surface area contributed by atoms with E-state index in [0.717, 1.165) is 18.4 Å². The third kappa shape index (κ3) is 4.48. The molecule has 0 spiro atoms. The Balaban J connectivity index is 1.85. The molecular formula is C19H30BrN. The van der Waals surface area contributed by atoms with E-state index in [0.29, 0.717) is 5.41 Å². The van der Waals surface area contributed by atoms with Crippen LogP contribution in [0.3, 0.4) is 0 Å². The van der Waals surface area contributed by atoms with Crippen LogP contribution in [0.15, 0.2) is 16.6 Å². The van der Waals surface area contributed by atoms with Crippen molar-refractivity contribution in [3.8, 4) is 0 Å². The SMILES string of the molecule is Cc1cc(NCC2CCC(C(C)(C)C)CC2)cc(C)c1Br. The minimum atomic E-state index is 0.484. The molecule has 1 aliphatic carbocycles. The van der Waals surface area contributed by atoms with Crippen LogP contribution >= 0.6 is 15.9 Å². The Morgan fingerprint density at radius 1 is 1.05 bits per heavy atom. The van der Waals surface area contributed by atoms with Crippen LogP contribution in [0.2, 0.25) is 0 Å². The van der Waals surface area contributed by atoms with Gasteiger partial charge in [-0.2, -0.15) is 0 Å². The Kier molecular flexibility index (Phi) is 5.40. The molecule has 2 heteroatoms. The smallest absolute Gasteiger partial charge is 0.0346 e. The van der Waals surface area contributed by atoms with Gasteiger partial charge in [-0.3, -0.25) is 0 Å². The second-order valence-corrected chi connectivity index (χ2v) is 8.68. The second-order valence-electron chi connectivity index (χ2n) is 7.89. The Labute approximate surface area is 139 Å². The molecule has 0 heterocycles. The quantitative estimate of drug-likeness (QED) is 0.670. The van der Waals surface area contributed by atoms with Gasteiger partial charge in [0, 0.05) is 16.7 Å². The van der Waals surface area contributed by atoms with Crippen molar-refractivity contribution in [1.29, 1.82) is 0 Å². The first-order chi connectivity index (χ1) is 9.77. The molecule has 1 nitrogen and oxygen atoms in total.